The first kappa shape index (κ1) is 14.5. The van der Waals surface area contributed by atoms with Crippen LogP contribution in [-0.2, 0) is 10.3 Å². The van der Waals surface area contributed by atoms with Gasteiger partial charge in [-0.25, -0.2) is 0 Å². The van der Waals surface area contributed by atoms with Crippen LogP contribution >= 0.6 is 0 Å². The fourth-order valence-electron chi connectivity index (χ4n) is 2.87. The van der Waals surface area contributed by atoms with Crippen LogP contribution in [0.25, 0.3) is 0 Å². The summed E-state index contributed by atoms with van der Waals surface area (Å²) in [5.41, 5.74) is 2.14. The van der Waals surface area contributed by atoms with Crippen molar-refractivity contribution in [3.05, 3.63) is 108 Å². The van der Waals surface area contributed by atoms with Gasteiger partial charge in [-0.2, -0.15) is 0 Å². The Bertz CT molecular complexity index is 597. The fraction of sp³-hybridized carbons (Fsp3) is 0.100. The highest BCUT2D eigenvalue weighted by atomic mass is 16.6. The van der Waals surface area contributed by atoms with Gasteiger partial charge in [0, 0.05) is 0 Å². The summed E-state index contributed by atoms with van der Waals surface area (Å²) in [5.74, 6) is 0. The van der Waals surface area contributed by atoms with E-state index in [-0.39, 0.29) is 6.79 Å². The first-order valence-electron chi connectivity index (χ1n) is 7.29. The van der Waals surface area contributed by atoms with Gasteiger partial charge in [-0.05, 0) is 16.7 Å². The van der Waals surface area contributed by atoms with Gasteiger partial charge < -0.3 is 9.84 Å². The monoisotopic (exact) mass is 290 g/mol. The average Bonchev–Trinajstić information content (AvgIpc) is 2.62. The zero-order chi connectivity index (χ0) is 15.3. The molecular weight excluding hydrogens is 272 g/mol. The van der Waals surface area contributed by atoms with Crippen molar-refractivity contribution in [2.24, 2.45) is 0 Å². The number of hydrogen-bond donors (Lipinski definition) is 1. The van der Waals surface area contributed by atoms with E-state index in [2.05, 4.69) is 0 Å². The lowest BCUT2D eigenvalue weighted by atomic mass is 9.80. The number of hydrogen-bond acceptors (Lipinski definition) is 2. The van der Waals surface area contributed by atoms with E-state index in [1.165, 1.54) is 0 Å². The summed E-state index contributed by atoms with van der Waals surface area (Å²) in [5, 5.41) is 9.56. The number of ether oxygens (including phenoxy) is 1. The molecule has 0 aliphatic heterocycles. The molecule has 2 heteroatoms. The Hall–Kier alpha value is -2.42. The maximum atomic E-state index is 9.56. The van der Waals surface area contributed by atoms with Gasteiger partial charge in [-0.3, -0.25) is 0 Å². The molecule has 0 saturated carbocycles. The summed E-state index contributed by atoms with van der Waals surface area (Å²) in [6.45, 7) is -0.362. The number of aliphatic hydroxyl groups is 1. The smallest absolute Gasteiger partial charge is 0.146 e. The number of aliphatic hydroxyl groups excluding tert-OH is 1. The van der Waals surface area contributed by atoms with Gasteiger partial charge in [0.15, 0.2) is 0 Å². The molecule has 0 aliphatic rings. The number of benzene rings is 3. The van der Waals surface area contributed by atoms with Gasteiger partial charge in [0.25, 0.3) is 0 Å². The topological polar surface area (TPSA) is 29.5 Å². The molecule has 0 fully saturated rings. The largest absolute Gasteiger partial charge is 0.371 e. The van der Waals surface area contributed by atoms with E-state index < -0.39 is 5.60 Å². The van der Waals surface area contributed by atoms with Crippen molar-refractivity contribution in [3.63, 3.8) is 0 Å². The van der Waals surface area contributed by atoms with E-state index >= 15 is 0 Å². The molecule has 0 unspecified atom stereocenters. The molecule has 0 aromatic heterocycles. The van der Waals surface area contributed by atoms with Gasteiger partial charge in [-0.1, -0.05) is 91.0 Å². The fourth-order valence-corrected chi connectivity index (χ4v) is 2.87. The third-order valence-electron chi connectivity index (χ3n) is 3.82. The van der Waals surface area contributed by atoms with Crippen LogP contribution < -0.4 is 0 Å². The van der Waals surface area contributed by atoms with Crippen molar-refractivity contribution in [2.75, 3.05) is 6.79 Å². The molecule has 0 amide bonds. The predicted octanol–water partition coefficient (Wildman–Crippen LogP) is 3.94. The summed E-state index contributed by atoms with van der Waals surface area (Å²) in [6.07, 6.45) is 0. The predicted molar refractivity (Wildman–Crippen MR) is 87.4 cm³/mol. The van der Waals surface area contributed by atoms with E-state index in [0.717, 1.165) is 16.7 Å². The second kappa shape index (κ2) is 6.56. The van der Waals surface area contributed by atoms with Crippen molar-refractivity contribution in [1.29, 1.82) is 0 Å². The van der Waals surface area contributed by atoms with Crippen LogP contribution in [0.5, 0.6) is 0 Å². The third-order valence-corrected chi connectivity index (χ3v) is 3.82. The molecule has 0 radical (unpaired) electrons. The van der Waals surface area contributed by atoms with Crippen molar-refractivity contribution in [2.45, 2.75) is 5.60 Å². The lowest BCUT2D eigenvalue weighted by molar-refractivity contribution is -0.0784. The lowest BCUT2D eigenvalue weighted by Crippen LogP contribution is -2.33. The van der Waals surface area contributed by atoms with E-state index in [4.69, 9.17) is 4.74 Å². The molecule has 0 spiro atoms. The second-order valence-corrected chi connectivity index (χ2v) is 5.05. The average molecular weight is 290 g/mol. The SMILES string of the molecule is OCOC(c1ccccc1)(c1ccccc1)c1ccccc1. The second-order valence-electron chi connectivity index (χ2n) is 5.05. The molecule has 110 valence electrons. The molecule has 0 aliphatic carbocycles. The highest BCUT2D eigenvalue weighted by molar-refractivity contribution is 5.47. The minimum absolute atomic E-state index is 0.362. The zero-order valence-electron chi connectivity index (χ0n) is 12.2. The van der Waals surface area contributed by atoms with Crippen LogP contribution in [0, 0.1) is 0 Å². The van der Waals surface area contributed by atoms with Crippen molar-refractivity contribution < 1.29 is 9.84 Å². The molecule has 0 saturated heterocycles. The molecule has 3 rings (SSSR count). The Kier molecular flexibility index (Phi) is 4.33. The Balaban J connectivity index is 2.29. The Morgan fingerprint density at radius 2 is 0.909 bits per heavy atom. The summed E-state index contributed by atoms with van der Waals surface area (Å²) in [4.78, 5) is 0. The minimum atomic E-state index is -0.821. The van der Waals surface area contributed by atoms with E-state index in [1.807, 2.05) is 91.0 Å². The van der Waals surface area contributed by atoms with Gasteiger partial charge in [0.1, 0.15) is 12.4 Å². The first-order chi connectivity index (χ1) is 10.9. The zero-order valence-corrected chi connectivity index (χ0v) is 12.2. The van der Waals surface area contributed by atoms with Crippen LogP contribution in [0.2, 0.25) is 0 Å². The molecular formula is C20H18O2. The highest BCUT2D eigenvalue weighted by Gasteiger charge is 2.37. The van der Waals surface area contributed by atoms with Crippen LogP contribution in [0.3, 0.4) is 0 Å². The molecule has 2 nitrogen and oxygen atoms in total. The summed E-state index contributed by atoms with van der Waals surface area (Å²) in [7, 11) is 0. The molecule has 3 aromatic carbocycles. The van der Waals surface area contributed by atoms with E-state index in [0.29, 0.717) is 0 Å². The summed E-state index contributed by atoms with van der Waals surface area (Å²) < 4.78 is 5.94. The maximum Gasteiger partial charge on any atom is 0.146 e. The quantitative estimate of drug-likeness (QED) is 0.569. The Labute approximate surface area is 130 Å². The highest BCUT2D eigenvalue weighted by Crippen LogP contribution is 2.39. The molecule has 0 heterocycles. The van der Waals surface area contributed by atoms with Crippen LogP contribution in [0.1, 0.15) is 16.7 Å². The van der Waals surface area contributed by atoms with Gasteiger partial charge >= 0.3 is 0 Å². The first-order valence-corrected chi connectivity index (χ1v) is 7.29. The Morgan fingerprint density at radius 3 is 1.18 bits per heavy atom. The minimum Gasteiger partial charge on any atom is -0.371 e. The number of rotatable bonds is 5. The van der Waals surface area contributed by atoms with Crippen molar-refractivity contribution in [1.82, 2.24) is 0 Å². The van der Waals surface area contributed by atoms with Gasteiger partial charge in [0.05, 0.1) is 0 Å². The molecule has 1 N–H and O–H groups in total. The van der Waals surface area contributed by atoms with Gasteiger partial charge in [-0.15, -0.1) is 0 Å². The molecule has 3 aromatic rings. The maximum absolute atomic E-state index is 9.56. The van der Waals surface area contributed by atoms with Crippen molar-refractivity contribution >= 4 is 0 Å². The Morgan fingerprint density at radius 1 is 0.591 bits per heavy atom. The molecule has 0 atom stereocenters. The van der Waals surface area contributed by atoms with E-state index in [1.54, 1.807) is 0 Å². The molecule has 22 heavy (non-hydrogen) atoms. The van der Waals surface area contributed by atoms with Crippen LogP contribution in [-0.4, -0.2) is 11.9 Å². The summed E-state index contributed by atoms with van der Waals surface area (Å²) in [6, 6.07) is 30.0. The lowest BCUT2D eigenvalue weighted by Gasteiger charge is -2.35. The van der Waals surface area contributed by atoms with E-state index in [9.17, 15) is 5.11 Å². The van der Waals surface area contributed by atoms with Crippen LogP contribution in [0.15, 0.2) is 91.0 Å². The van der Waals surface area contributed by atoms with Crippen LogP contribution in [0.4, 0.5) is 0 Å². The summed E-state index contributed by atoms with van der Waals surface area (Å²) >= 11 is 0. The standard InChI is InChI=1S/C20H18O2/c21-16-22-20(17-10-4-1-5-11-17,18-12-6-2-7-13-18)19-14-8-3-9-15-19/h1-15,21H,16H2. The normalized spacial score (nSPS) is 11.3. The van der Waals surface area contributed by atoms with Gasteiger partial charge in [0.2, 0.25) is 0 Å². The molecule has 0 bridgehead atoms. The van der Waals surface area contributed by atoms with Crippen molar-refractivity contribution in [3.8, 4) is 0 Å². The third kappa shape index (κ3) is 2.54.